The van der Waals surface area contributed by atoms with Gasteiger partial charge in [-0.2, -0.15) is 0 Å². The fourth-order valence-electron chi connectivity index (χ4n) is 5.23. The Morgan fingerprint density at radius 2 is 1.72 bits per heavy atom. The van der Waals surface area contributed by atoms with Crippen LogP contribution in [-0.2, 0) is 19.8 Å². The minimum atomic E-state index is -0.643. The van der Waals surface area contributed by atoms with E-state index in [1.54, 1.807) is 19.2 Å². The summed E-state index contributed by atoms with van der Waals surface area (Å²) in [5, 5.41) is 44.8. The molecule has 1 fully saturated rings. The number of aliphatic hydroxyl groups excluding tert-OH is 3. The predicted molar refractivity (Wildman–Crippen MR) is 110 cm³/mol. The minimum absolute atomic E-state index is 0.0264. The number of aromatic hydroxyl groups is 1. The zero-order chi connectivity index (χ0) is 20.3. The molecule has 0 radical (unpaired) electrons. The molecule has 3 aromatic rings. The van der Waals surface area contributed by atoms with Crippen LogP contribution in [-0.4, -0.2) is 45.0 Å². The second kappa shape index (κ2) is 6.85. The van der Waals surface area contributed by atoms with Gasteiger partial charge in [-0.25, -0.2) is 0 Å². The van der Waals surface area contributed by atoms with Crippen LogP contribution in [0.2, 0.25) is 0 Å². The molecule has 0 amide bonds. The van der Waals surface area contributed by atoms with Crippen LogP contribution >= 0.6 is 0 Å². The maximum atomic E-state index is 11.3. The first kappa shape index (κ1) is 18.6. The van der Waals surface area contributed by atoms with Crippen molar-refractivity contribution in [3.05, 3.63) is 46.5 Å². The second-order valence-electron chi connectivity index (χ2n) is 8.07. The molecule has 0 aliphatic carbocycles. The Hall–Kier alpha value is -2.38. The van der Waals surface area contributed by atoms with E-state index in [0.29, 0.717) is 16.9 Å². The molecule has 2 aliphatic heterocycles. The average Bonchev–Trinajstić information content (AvgIpc) is 3.21. The molecule has 0 aromatic heterocycles. The van der Waals surface area contributed by atoms with Gasteiger partial charge in [0.25, 0.3) is 0 Å². The van der Waals surface area contributed by atoms with E-state index >= 15 is 0 Å². The third kappa shape index (κ3) is 2.64. The van der Waals surface area contributed by atoms with Gasteiger partial charge >= 0.3 is 0 Å². The van der Waals surface area contributed by atoms with Crippen LogP contribution in [0.5, 0.6) is 11.5 Å². The second-order valence-corrected chi connectivity index (χ2v) is 8.07. The van der Waals surface area contributed by atoms with Crippen molar-refractivity contribution in [3.63, 3.8) is 0 Å². The molecule has 2 unspecified atom stereocenters. The summed E-state index contributed by atoms with van der Waals surface area (Å²) < 4.78 is 5.51. The monoisotopic (exact) mass is 395 g/mol. The van der Waals surface area contributed by atoms with Crippen molar-refractivity contribution in [3.8, 4) is 11.5 Å². The molecule has 0 saturated carbocycles. The minimum Gasteiger partial charge on any atom is -0.508 e. The van der Waals surface area contributed by atoms with Crippen molar-refractivity contribution >= 4 is 21.5 Å². The normalized spacial score (nSPS) is 21.5. The number of benzene rings is 3. The molecule has 3 aromatic carbocycles. The lowest BCUT2D eigenvalue weighted by atomic mass is 9.82. The van der Waals surface area contributed by atoms with E-state index in [1.807, 2.05) is 12.1 Å². The summed E-state index contributed by atoms with van der Waals surface area (Å²) in [7, 11) is 1.58. The lowest BCUT2D eigenvalue weighted by molar-refractivity contribution is 0.0552. The largest absolute Gasteiger partial charge is 0.508 e. The van der Waals surface area contributed by atoms with Crippen molar-refractivity contribution in [2.75, 3.05) is 13.7 Å². The van der Waals surface area contributed by atoms with Gasteiger partial charge in [-0.3, -0.25) is 4.90 Å². The van der Waals surface area contributed by atoms with Gasteiger partial charge in [0.15, 0.2) is 0 Å². The molecular weight excluding hydrogens is 370 g/mol. The molecule has 4 N–H and O–H groups in total. The predicted octanol–water partition coefficient (Wildman–Crippen LogP) is 2.70. The van der Waals surface area contributed by atoms with Crippen LogP contribution in [0.25, 0.3) is 21.5 Å². The highest BCUT2D eigenvalue weighted by atomic mass is 16.5. The number of rotatable bonds is 3. The molecule has 1 saturated heterocycles. The molecule has 5 rings (SSSR count). The molecular formula is C23H25NO5. The van der Waals surface area contributed by atoms with Gasteiger partial charge in [-0.1, -0.05) is 0 Å². The fraction of sp³-hybridized carbons (Fsp3) is 0.391. The number of phenols is 1. The summed E-state index contributed by atoms with van der Waals surface area (Å²) in [6.07, 6.45) is 1.37. The van der Waals surface area contributed by atoms with Crippen molar-refractivity contribution in [2.24, 2.45) is 0 Å². The van der Waals surface area contributed by atoms with E-state index in [1.165, 1.54) is 0 Å². The Balaban J connectivity index is 1.94. The van der Waals surface area contributed by atoms with Crippen LogP contribution in [0, 0.1) is 0 Å². The lowest BCUT2D eigenvalue weighted by Gasteiger charge is -2.37. The lowest BCUT2D eigenvalue weighted by Crippen LogP contribution is -2.39. The third-order valence-corrected chi connectivity index (χ3v) is 6.65. The van der Waals surface area contributed by atoms with Gasteiger partial charge in [0.2, 0.25) is 0 Å². The van der Waals surface area contributed by atoms with E-state index in [0.717, 1.165) is 58.6 Å². The van der Waals surface area contributed by atoms with Crippen LogP contribution in [0.15, 0.2) is 24.3 Å². The topological polar surface area (TPSA) is 93.4 Å². The number of hydrogen-bond acceptors (Lipinski definition) is 6. The zero-order valence-corrected chi connectivity index (χ0v) is 16.4. The summed E-state index contributed by atoms with van der Waals surface area (Å²) in [6, 6.07) is 7.39. The molecule has 2 aliphatic rings. The van der Waals surface area contributed by atoms with Gasteiger partial charge in [0.1, 0.15) is 11.5 Å². The smallest absolute Gasteiger partial charge is 0.125 e. The average molecular weight is 395 g/mol. The van der Waals surface area contributed by atoms with Gasteiger partial charge in [0.05, 0.1) is 26.4 Å². The van der Waals surface area contributed by atoms with Gasteiger partial charge in [0, 0.05) is 23.7 Å². The van der Waals surface area contributed by atoms with Crippen LogP contribution in [0.3, 0.4) is 0 Å². The standard InChI is InChI=1S/C23H25NO5/c1-29-21-8-16-14(6-13(21)11-26)15-5-12(10-25)20(27)7-17(15)22-18(16)9-24-4-2-3-19(24)23(22)28/h5-8,19,23,25-28H,2-4,9-11H2,1H3. The van der Waals surface area contributed by atoms with Gasteiger partial charge in [-0.05, 0) is 76.3 Å². The highest BCUT2D eigenvalue weighted by molar-refractivity contribution is 6.12. The van der Waals surface area contributed by atoms with Gasteiger partial charge < -0.3 is 25.2 Å². The van der Waals surface area contributed by atoms with E-state index in [-0.39, 0.29) is 25.0 Å². The molecule has 0 spiro atoms. The maximum absolute atomic E-state index is 11.3. The van der Waals surface area contributed by atoms with Crippen LogP contribution in [0.4, 0.5) is 0 Å². The van der Waals surface area contributed by atoms with Crippen molar-refractivity contribution in [1.29, 1.82) is 0 Å². The fourth-order valence-corrected chi connectivity index (χ4v) is 5.23. The number of ether oxygens (including phenoxy) is 1. The quantitative estimate of drug-likeness (QED) is 0.510. The van der Waals surface area contributed by atoms with Gasteiger partial charge in [-0.15, -0.1) is 0 Å². The van der Waals surface area contributed by atoms with E-state index < -0.39 is 6.10 Å². The number of methoxy groups -OCH3 is 1. The summed E-state index contributed by atoms with van der Waals surface area (Å²) in [4.78, 5) is 2.33. The van der Waals surface area contributed by atoms with Crippen molar-refractivity contribution in [2.45, 2.75) is 44.7 Å². The van der Waals surface area contributed by atoms with Crippen molar-refractivity contribution < 1.29 is 25.2 Å². The molecule has 152 valence electrons. The van der Waals surface area contributed by atoms with E-state index in [4.69, 9.17) is 4.74 Å². The first-order valence-corrected chi connectivity index (χ1v) is 10.0. The SMILES string of the molecule is COc1cc2c3c(c4cc(O)c(CO)cc4c2cc1CO)C(O)C1CCCN1C3. The third-order valence-electron chi connectivity index (χ3n) is 6.65. The molecule has 6 nitrogen and oxygen atoms in total. The Morgan fingerprint density at radius 3 is 2.45 bits per heavy atom. The maximum Gasteiger partial charge on any atom is 0.125 e. The summed E-state index contributed by atoms with van der Waals surface area (Å²) in [6.45, 7) is 1.26. The summed E-state index contributed by atoms with van der Waals surface area (Å²) >= 11 is 0. The Kier molecular flexibility index (Phi) is 4.40. The first-order chi connectivity index (χ1) is 14.1. The molecule has 2 heterocycles. The van der Waals surface area contributed by atoms with E-state index in [9.17, 15) is 20.4 Å². The first-order valence-electron chi connectivity index (χ1n) is 10.0. The summed E-state index contributed by atoms with van der Waals surface area (Å²) in [5.74, 6) is 0.638. The molecule has 6 heteroatoms. The highest BCUT2D eigenvalue weighted by Gasteiger charge is 2.39. The molecule has 29 heavy (non-hydrogen) atoms. The molecule has 2 atom stereocenters. The van der Waals surface area contributed by atoms with Crippen LogP contribution < -0.4 is 4.74 Å². The number of fused-ring (bicyclic) bond motifs is 7. The summed E-state index contributed by atoms with van der Waals surface area (Å²) in [5.41, 5.74) is 3.01. The highest BCUT2D eigenvalue weighted by Crippen LogP contribution is 2.47. The van der Waals surface area contributed by atoms with E-state index in [2.05, 4.69) is 4.90 Å². The number of nitrogens with zero attached hydrogens (tertiary/aromatic N) is 1. The molecule has 0 bridgehead atoms. The Morgan fingerprint density at radius 1 is 1.00 bits per heavy atom. The zero-order valence-electron chi connectivity index (χ0n) is 16.4. The Labute approximate surface area is 168 Å². The Bertz CT molecular complexity index is 1130. The number of hydrogen-bond donors (Lipinski definition) is 4. The van der Waals surface area contributed by atoms with Crippen molar-refractivity contribution in [1.82, 2.24) is 4.90 Å². The van der Waals surface area contributed by atoms with Crippen LogP contribution in [0.1, 0.15) is 41.2 Å². The number of aliphatic hydroxyl groups is 3.